The number of ether oxygens (including phenoxy) is 3. The van der Waals surface area contributed by atoms with Gasteiger partial charge in [-0.15, -0.1) is 0 Å². The molecule has 1 aromatic carbocycles. The predicted octanol–water partition coefficient (Wildman–Crippen LogP) is 2.85. The number of Topliss-reactive ketones (excluding diaryl/α,β-unsaturated/α-hetero) is 1. The summed E-state index contributed by atoms with van der Waals surface area (Å²) in [6, 6.07) is 8.15. The van der Waals surface area contributed by atoms with Crippen molar-refractivity contribution >= 4 is 40.8 Å². The van der Waals surface area contributed by atoms with Gasteiger partial charge in [0.05, 0.1) is 17.3 Å². The van der Waals surface area contributed by atoms with Gasteiger partial charge in [0.1, 0.15) is 36.8 Å². The number of carbonyl (C=O) groups is 3. The van der Waals surface area contributed by atoms with E-state index in [0.29, 0.717) is 47.4 Å². The smallest absolute Gasteiger partial charge is 0.415 e. The van der Waals surface area contributed by atoms with E-state index in [-0.39, 0.29) is 37.4 Å². The van der Waals surface area contributed by atoms with E-state index < -0.39 is 12.2 Å². The second-order valence-corrected chi connectivity index (χ2v) is 8.18. The molecule has 0 unspecified atom stereocenters. The van der Waals surface area contributed by atoms with Gasteiger partial charge in [0.2, 0.25) is 0 Å². The summed E-state index contributed by atoms with van der Waals surface area (Å²) in [4.78, 5) is 44.4. The number of ketones is 1. The van der Waals surface area contributed by atoms with Crippen LogP contribution in [0.5, 0.6) is 5.75 Å². The van der Waals surface area contributed by atoms with E-state index in [1.807, 2.05) is 0 Å². The molecule has 0 N–H and O–H groups in total. The first-order valence-corrected chi connectivity index (χ1v) is 10.7. The summed E-state index contributed by atoms with van der Waals surface area (Å²) in [5.74, 6) is 0.246. The number of rotatable bonds is 5. The van der Waals surface area contributed by atoms with E-state index in [4.69, 9.17) is 25.8 Å². The lowest BCUT2D eigenvalue weighted by Crippen LogP contribution is -2.45. The number of anilines is 2. The van der Waals surface area contributed by atoms with Crippen molar-refractivity contribution in [2.75, 3.05) is 36.2 Å². The number of amides is 2. The Bertz CT molecular complexity index is 1080. The van der Waals surface area contributed by atoms with E-state index >= 15 is 0 Å². The van der Waals surface area contributed by atoms with E-state index in [1.165, 1.54) is 6.20 Å². The maximum absolute atomic E-state index is 12.6. The molecule has 2 atom stereocenters. The molecule has 2 amide bonds. The number of fused-ring (bicyclic) bond motifs is 3. The lowest BCUT2D eigenvalue weighted by atomic mass is 10.0. The number of halogens is 1. The molecule has 2 fully saturated rings. The van der Waals surface area contributed by atoms with Gasteiger partial charge in [-0.25, -0.2) is 4.79 Å². The minimum atomic E-state index is -0.479. The SMILES string of the molecule is O=C(CC[C@@H]1OC(=O)N2c3ccc(N4CCOCC4=O)cc3OC[C@@H]12)c1ccc(Cl)cn1. The van der Waals surface area contributed by atoms with Crippen molar-refractivity contribution < 1.29 is 28.6 Å². The van der Waals surface area contributed by atoms with Crippen LogP contribution in [0.25, 0.3) is 0 Å². The molecule has 2 aromatic rings. The number of pyridine rings is 1. The zero-order valence-electron chi connectivity index (χ0n) is 17.0. The number of nitrogens with zero attached hydrogens (tertiary/aromatic N) is 3. The molecule has 1 aromatic heterocycles. The summed E-state index contributed by atoms with van der Waals surface area (Å²) in [6.45, 7) is 1.21. The second kappa shape index (κ2) is 8.40. The first-order chi connectivity index (χ1) is 15.5. The molecule has 0 bridgehead atoms. The molecule has 5 rings (SSSR count). The van der Waals surface area contributed by atoms with Crippen LogP contribution in [-0.4, -0.2) is 61.3 Å². The predicted molar refractivity (Wildman–Crippen MR) is 114 cm³/mol. The topological polar surface area (TPSA) is 98.3 Å². The Morgan fingerprint density at radius 1 is 1.22 bits per heavy atom. The second-order valence-electron chi connectivity index (χ2n) is 7.74. The van der Waals surface area contributed by atoms with Crippen LogP contribution in [-0.2, 0) is 14.3 Å². The fraction of sp³-hybridized carbons (Fsp3) is 0.364. The summed E-state index contributed by atoms with van der Waals surface area (Å²) in [6.07, 6.45) is 1.01. The van der Waals surface area contributed by atoms with Gasteiger partial charge in [-0.2, -0.15) is 0 Å². The van der Waals surface area contributed by atoms with Crippen LogP contribution in [0.15, 0.2) is 36.5 Å². The minimum Gasteiger partial charge on any atom is -0.489 e. The average molecular weight is 458 g/mol. The van der Waals surface area contributed by atoms with Crippen molar-refractivity contribution in [2.45, 2.75) is 25.0 Å². The molecule has 10 heteroatoms. The number of hydrogen-bond donors (Lipinski definition) is 0. The van der Waals surface area contributed by atoms with Crippen molar-refractivity contribution in [1.82, 2.24) is 4.98 Å². The highest BCUT2D eigenvalue weighted by atomic mass is 35.5. The van der Waals surface area contributed by atoms with Crippen molar-refractivity contribution in [3.8, 4) is 5.75 Å². The summed E-state index contributed by atoms with van der Waals surface area (Å²) >= 11 is 5.82. The lowest BCUT2D eigenvalue weighted by Gasteiger charge is -2.33. The Hall–Kier alpha value is -3.17. The van der Waals surface area contributed by atoms with Crippen LogP contribution in [0.2, 0.25) is 5.02 Å². The highest BCUT2D eigenvalue weighted by Gasteiger charge is 2.46. The largest absolute Gasteiger partial charge is 0.489 e. The Labute approximate surface area is 188 Å². The van der Waals surface area contributed by atoms with Crippen LogP contribution in [0.1, 0.15) is 23.3 Å². The van der Waals surface area contributed by atoms with Crippen LogP contribution < -0.4 is 14.5 Å². The van der Waals surface area contributed by atoms with Crippen LogP contribution >= 0.6 is 11.6 Å². The summed E-state index contributed by atoms with van der Waals surface area (Å²) in [5, 5.41) is 0.459. The Kier molecular flexibility index (Phi) is 5.44. The van der Waals surface area contributed by atoms with Crippen molar-refractivity contribution in [2.24, 2.45) is 0 Å². The Morgan fingerprint density at radius 3 is 2.88 bits per heavy atom. The molecule has 4 heterocycles. The molecule has 9 nitrogen and oxygen atoms in total. The first-order valence-electron chi connectivity index (χ1n) is 10.3. The third kappa shape index (κ3) is 3.78. The maximum Gasteiger partial charge on any atom is 0.415 e. The zero-order valence-corrected chi connectivity index (χ0v) is 17.8. The van der Waals surface area contributed by atoms with Crippen LogP contribution in [0, 0.1) is 0 Å². The molecule has 3 aliphatic rings. The molecule has 32 heavy (non-hydrogen) atoms. The Balaban J connectivity index is 1.29. The number of hydrogen-bond acceptors (Lipinski definition) is 7. The van der Waals surface area contributed by atoms with Crippen molar-refractivity contribution in [3.05, 3.63) is 47.2 Å². The van der Waals surface area contributed by atoms with E-state index in [0.717, 1.165) is 0 Å². The number of carbonyl (C=O) groups excluding carboxylic acids is 3. The quantitative estimate of drug-likeness (QED) is 0.636. The van der Waals surface area contributed by atoms with Crippen LogP contribution in [0.3, 0.4) is 0 Å². The van der Waals surface area contributed by atoms with Crippen LogP contribution in [0.4, 0.5) is 16.2 Å². The summed E-state index contributed by atoms with van der Waals surface area (Å²) < 4.78 is 16.7. The monoisotopic (exact) mass is 457 g/mol. The highest BCUT2D eigenvalue weighted by Crippen LogP contribution is 2.41. The number of benzene rings is 1. The minimum absolute atomic E-state index is 0.0460. The van der Waals surface area contributed by atoms with E-state index in [2.05, 4.69) is 4.98 Å². The Morgan fingerprint density at radius 2 is 2.09 bits per heavy atom. The van der Waals surface area contributed by atoms with E-state index in [1.54, 1.807) is 40.1 Å². The third-order valence-electron chi connectivity index (χ3n) is 5.79. The lowest BCUT2D eigenvalue weighted by molar-refractivity contribution is -0.125. The number of cyclic esters (lactones) is 1. The van der Waals surface area contributed by atoms with Gasteiger partial charge in [0.15, 0.2) is 5.78 Å². The number of aromatic nitrogens is 1. The van der Waals surface area contributed by atoms with Gasteiger partial charge in [0.25, 0.3) is 5.91 Å². The molecule has 0 aliphatic carbocycles. The molecule has 0 spiro atoms. The van der Waals surface area contributed by atoms with Crippen molar-refractivity contribution in [1.29, 1.82) is 0 Å². The molecule has 0 saturated carbocycles. The summed E-state index contributed by atoms with van der Waals surface area (Å²) in [5.41, 5.74) is 1.61. The molecule has 2 saturated heterocycles. The highest BCUT2D eigenvalue weighted by molar-refractivity contribution is 6.30. The molecule has 0 radical (unpaired) electrons. The molecular weight excluding hydrogens is 438 g/mol. The van der Waals surface area contributed by atoms with Gasteiger partial charge in [0, 0.05) is 30.9 Å². The van der Waals surface area contributed by atoms with Gasteiger partial charge in [-0.3, -0.25) is 19.5 Å². The average Bonchev–Trinajstić information content (AvgIpc) is 3.13. The van der Waals surface area contributed by atoms with Gasteiger partial charge in [-0.05, 0) is 30.7 Å². The van der Waals surface area contributed by atoms with Gasteiger partial charge < -0.3 is 19.1 Å². The molecule has 3 aliphatic heterocycles. The summed E-state index contributed by atoms with van der Waals surface area (Å²) in [7, 11) is 0. The van der Waals surface area contributed by atoms with Gasteiger partial charge in [-0.1, -0.05) is 11.6 Å². The normalized spacial score (nSPS) is 22.2. The first kappa shape index (κ1) is 20.7. The van der Waals surface area contributed by atoms with E-state index in [9.17, 15) is 14.4 Å². The maximum atomic E-state index is 12.6. The molecule has 166 valence electrons. The third-order valence-corrected chi connectivity index (χ3v) is 6.01. The number of morpholine rings is 1. The fourth-order valence-electron chi connectivity index (χ4n) is 4.17. The molecular formula is C22H20ClN3O6. The standard InChI is InChI=1S/C22H20ClN3O6/c23-13-1-3-15(24-10-13)18(27)5-6-19-17-11-31-20-9-14(25-7-8-30-12-21(25)28)2-4-16(20)26(17)22(29)32-19/h1-4,9-10,17,19H,5-8,11-12H2/t17-,19-/m0/s1. The van der Waals surface area contributed by atoms with Crippen molar-refractivity contribution in [3.63, 3.8) is 0 Å². The fourth-order valence-corrected chi connectivity index (χ4v) is 4.28. The zero-order chi connectivity index (χ0) is 22.2. The van der Waals surface area contributed by atoms with Gasteiger partial charge >= 0.3 is 6.09 Å².